The molecule has 4 rings (SSSR count). The number of nitrogens with zero attached hydrogens (tertiary/aromatic N) is 3. The molecule has 0 amide bonds. The maximum absolute atomic E-state index is 14.0. The fraction of sp³-hybridized carbons (Fsp3) is 0.182. The Labute approximate surface area is 161 Å². The van der Waals surface area contributed by atoms with Gasteiger partial charge in [-0.25, -0.2) is 13.8 Å². The highest BCUT2D eigenvalue weighted by Gasteiger charge is 2.14. The van der Waals surface area contributed by atoms with Gasteiger partial charge in [0.25, 0.3) is 0 Å². The summed E-state index contributed by atoms with van der Waals surface area (Å²) in [6.07, 6.45) is 1.96. The van der Waals surface area contributed by atoms with Crippen LogP contribution in [0.1, 0.15) is 25.6 Å². The highest BCUT2D eigenvalue weighted by molar-refractivity contribution is 5.86. The SMILES string of the molecule is Cc1nc2c(F)c(F)ccc2cc1Nc1ccccc1-c1ccn(C(C)C)n1. The van der Waals surface area contributed by atoms with E-state index in [4.69, 9.17) is 0 Å². The third-order valence-corrected chi connectivity index (χ3v) is 4.68. The maximum atomic E-state index is 14.0. The molecular formula is C22H20F2N4. The lowest BCUT2D eigenvalue weighted by molar-refractivity contribution is 0.515. The van der Waals surface area contributed by atoms with Gasteiger partial charge < -0.3 is 5.32 Å². The summed E-state index contributed by atoms with van der Waals surface area (Å²) in [6.45, 7) is 5.92. The molecule has 2 aromatic heterocycles. The van der Waals surface area contributed by atoms with Crippen molar-refractivity contribution in [2.24, 2.45) is 0 Å². The number of halogens is 2. The zero-order valence-corrected chi connectivity index (χ0v) is 15.9. The Kier molecular flexibility index (Phi) is 4.55. The van der Waals surface area contributed by atoms with Gasteiger partial charge in [-0.15, -0.1) is 0 Å². The topological polar surface area (TPSA) is 42.7 Å². The van der Waals surface area contributed by atoms with Crippen molar-refractivity contribution in [3.63, 3.8) is 0 Å². The fourth-order valence-corrected chi connectivity index (χ4v) is 3.13. The van der Waals surface area contributed by atoms with E-state index in [1.54, 1.807) is 13.0 Å². The van der Waals surface area contributed by atoms with Crippen molar-refractivity contribution in [3.05, 3.63) is 72.1 Å². The molecule has 0 radical (unpaired) electrons. The number of nitrogens with one attached hydrogen (secondary N) is 1. The van der Waals surface area contributed by atoms with Crippen LogP contribution in [0.15, 0.2) is 54.7 Å². The van der Waals surface area contributed by atoms with Crippen LogP contribution in [0.4, 0.5) is 20.2 Å². The zero-order valence-electron chi connectivity index (χ0n) is 15.9. The summed E-state index contributed by atoms with van der Waals surface area (Å²) in [4.78, 5) is 4.26. The number of rotatable bonds is 4. The lowest BCUT2D eigenvalue weighted by atomic mass is 10.1. The molecule has 0 aliphatic heterocycles. The van der Waals surface area contributed by atoms with Gasteiger partial charge in [-0.3, -0.25) is 4.68 Å². The van der Waals surface area contributed by atoms with Gasteiger partial charge in [-0.1, -0.05) is 18.2 Å². The summed E-state index contributed by atoms with van der Waals surface area (Å²) in [5.74, 6) is -1.82. The lowest BCUT2D eigenvalue weighted by Crippen LogP contribution is -2.02. The Bertz CT molecular complexity index is 1160. The summed E-state index contributed by atoms with van der Waals surface area (Å²) < 4.78 is 29.4. The smallest absolute Gasteiger partial charge is 0.184 e. The Morgan fingerprint density at radius 3 is 2.54 bits per heavy atom. The van der Waals surface area contributed by atoms with E-state index in [-0.39, 0.29) is 11.6 Å². The molecule has 28 heavy (non-hydrogen) atoms. The quantitative estimate of drug-likeness (QED) is 0.473. The van der Waals surface area contributed by atoms with Crippen molar-refractivity contribution in [2.75, 3.05) is 5.32 Å². The molecule has 0 bridgehead atoms. The van der Waals surface area contributed by atoms with Crippen molar-refractivity contribution < 1.29 is 8.78 Å². The first-order valence-corrected chi connectivity index (χ1v) is 9.11. The largest absolute Gasteiger partial charge is 0.353 e. The first-order chi connectivity index (χ1) is 13.4. The average Bonchev–Trinajstić information content (AvgIpc) is 3.17. The lowest BCUT2D eigenvalue weighted by Gasteiger charge is -2.14. The molecule has 142 valence electrons. The van der Waals surface area contributed by atoms with E-state index < -0.39 is 11.6 Å². The highest BCUT2D eigenvalue weighted by Crippen LogP contribution is 2.32. The molecule has 0 atom stereocenters. The van der Waals surface area contributed by atoms with E-state index in [9.17, 15) is 8.78 Å². The summed E-state index contributed by atoms with van der Waals surface area (Å²) in [7, 11) is 0. The molecule has 0 fully saturated rings. The molecule has 0 aliphatic rings. The Morgan fingerprint density at radius 2 is 1.79 bits per heavy atom. The van der Waals surface area contributed by atoms with Crippen LogP contribution in [0.5, 0.6) is 0 Å². The van der Waals surface area contributed by atoms with E-state index in [0.29, 0.717) is 11.1 Å². The minimum absolute atomic E-state index is 0.0343. The number of hydrogen-bond donors (Lipinski definition) is 1. The summed E-state index contributed by atoms with van der Waals surface area (Å²) in [6, 6.07) is 14.5. The normalized spacial score (nSPS) is 11.4. The van der Waals surface area contributed by atoms with E-state index in [2.05, 4.69) is 29.2 Å². The molecule has 4 aromatic rings. The van der Waals surface area contributed by atoms with Gasteiger partial charge in [-0.05, 0) is 51.1 Å². The molecule has 2 heterocycles. The van der Waals surface area contributed by atoms with Gasteiger partial charge in [-0.2, -0.15) is 5.10 Å². The monoisotopic (exact) mass is 378 g/mol. The number of aryl methyl sites for hydroxylation is 1. The predicted octanol–water partition coefficient (Wildman–Crippen LogP) is 6.01. The van der Waals surface area contributed by atoms with Crippen LogP contribution in [0, 0.1) is 18.6 Å². The summed E-state index contributed by atoms with van der Waals surface area (Å²) in [5, 5.41) is 8.56. The van der Waals surface area contributed by atoms with E-state index >= 15 is 0 Å². The van der Waals surface area contributed by atoms with Crippen molar-refractivity contribution in [3.8, 4) is 11.3 Å². The van der Waals surface area contributed by atoms with Crippen LogP contribution in [-0.2, 0) is 0 Å². The first kappa shape index (κ1) is 18.1. The third kappa shape index (κ3) is 3.22. The number of benzene rings is 2. The van der Waals surface area contributed by atoms with Crippen LogP contribution >= 0.6 is 0 Å². The Balaban J connectivity index is 1.75. The van der Waals surface area contributed by atoms with Crippen LogP contribution in [0.3, 0.4) is 0 Å². The number of hydrogen-bond acceptors (Lipinski definition) is 3. The molecule has 4 nitrogen and oxygen atoms in total. The van der Waals surface area contributed by atoms with Gasteiger partial charge in [0.1, 0.15) is 5.52 Å². The second-order valence-electron chi connectivity index (χ2n) is 7.00. The predicted molar refractivity (Wildman–Crippen MR) is 108 cm³/mol. The van der Waals surface area contributed by atoms with Crippen LogP contribution in [0.25, 0.3) is 22.2 Å². The van der Waals surface area contributed by atoms with Gasteiger partial charge >= 0.3 is 0 Å². The van der Waals surface area contributed by atoms with Crippen molar-refractivity contribution in [1.82, 2.24) is 14.8 Å². The standard InChI is InChI=1S/C22H20F2N4/c1-13(2)28-11-10-19(27-28)16-6-4-5-7-18(16)26-20-12-15-8-9-17(23)21(24)22(15)25-14(20)3/h4-13,26H,1-3H3. The van der Waals surface area contributed by atoms with Crippen LogP contribution in [0.2, 0.25) is 0 Å². The second kappa shape index (κ2) is 7.03. The summed E-state index contributed by atoms with van der Waals surface area (Å²) in [5.41, 5.74) is 4.02. The Morgan fingerprint density at radius 1 is 1.00 bits per heavy atom. The number of fused-ring (bicyclic) bond motifs is 1. The van der Waals surface area contributed by atoms with Crippen molar-refractivity contribution >= 4 is 22.3 Å². The van der Waals surface area contributed by atoms with Gasteiger partial charge in [0.05, 0.1) is 17.1 Å². The van der Waals surface area contributed by atoms with E-state index in [1.165, 1.54) is 6.07 Å². The number of anilines is 2. The second-order valence-corrected chi connectivity index (χ2v) is 7.00. The Hall–Kier alpha value is -3.28. The minimum atomic E-state index is -0.924. The molecule has 0 unspecified atom stereocenters. The average molecular weight is 378 g/mol. The van der Waals surface area contributed by atoms with E-state index in [0.717, 1.165) is 28.7 Å². The minimum Gasteiger partial charge on any atom is -0.353 e. The van der Waals surface area contributed by atoms with Crippen LogP contribution < -0.4 is 5.32 Å². The van der Waals surface area contributed by atoms with Gasteiger partial charge in [0.2, 0.25) is 0 Å². The van der Waals surface area contributed by atoms with Crippen molar-refractivity contribution in [1.29, 1.82) is 0 Å². The van der Waals surface area contributed by atoms with Gasteiger partial charge in [0.15, 0.2) is 11.6 Å². The van der Waals surface area contributed by atoms with Gasteiger partial charge in [0, 0.05) is 28.9 Å². The molecule has 1 N–H and O–H groups in total. The molecule has 0 saturated heterocycles. The summed E-state index contributed by atoms with van der Waals surface area (Å²) >= 11 is 0. The number of pyridine rings is 1. The molecule has 0 saturated carbocycles. The maximum Gasteiger partial charge on any atom is 0.184 e. The fourth-order valence-electron chi connectivity index (χ4n) is 3.13. The first-order valence-electron chi connectivity index (χ1n) is 9.11. The van der Waals surface area contributed by atoms with E-state index in [1.807, 2.05) is 41.2 Å². The zero-order chi connectivity index (χ0) is 19.8. The molecule has 0 spiro atoms. The van der Waals surface area contributed by atoms with Crippen molar-refractivity contribution in [2.45, 2.75) is 26.8 Å². The third-order valence-electron chi connectivity index (χ3n) is 4.68. The highest BCUT2D eigenvalue weighted by atomic mass is 19.2. The van der Waals surface area contributed by atoms with Crippen LogP contribution in [-0.4, -0.2) is 14.8 Å². The molecular weight excluding hydrogens is 358 g/mol. The number of aromatic nitrogens is 3. The molecule has 0 aliphatic carbocycles. The number of para-hydroxylation sites is 1. The molecule has 2 aromatic carbocycles. The molecule has 6 heteroatoms.